The van der Waals surface area contributed by atoms with Crippen LogP contribution in [0.15, 0.2) is 46.6 Å². The number of alkyl halides is 1. The smallest absolute Gasteiger partial charge is 0.258 e. The van der Waals surface area contributed by atoms with Gasteiger partial charge in [-0.25, -0.2) is 4.98 Å². The third-order valence-electron chi connectivity index (χ3n) is 3.12. The standard InChI is InChI=1S/C15H20N6O.CH3F/c16-15(17)20-7-1-6-18-8-11-2-4-12(5-3-11)13-9-19-10-21-14(13)22;1-2/h2-5,9-10,18H,1,6-8H2,(H4,16,17,20)(H,19,21,22);1H3. The van der Waals surface area contributed by atoms with Crippen LogP contribution in [0.2, 0.25) is 0 Å². The van der Waals surface area contributed by atoms with Crippen molar-refractivity contribution in [2.75, 3.05) is 20.3 Å². The van der Waals surface area contributed by atoms with E-state index in [4.69, 9.17) is 11.5 Å². The number of nitrogens with two attached hydrogens (primary N) is 2. The number of aromatic nitrogens is 2. The van der Waals surface area contributed by atoms with Crippen LogP contribution in [0.3, 0.4) is 0 Å². The predicted molar refractivity (Wildman–Crippen MR) is 94.3 cm³/mol. The van der Waals surface area contributed by atoms with Gasteiger partial charge in [-0.05, 0) is 24.1 Å². The lowest BCUT2D eigenvalue weighted by atomic mass is 10.1. The Kier molecular flexibility index (Phi) is 8.77. The zero-order chi connectivity index (χ0) is 17.8. The van der Waals surface area contributed by atoms with Crippen LogP contribution in [0.5, 0.6) is 0 Å². The molecule has 7 nitrogen and oxygen atoms in total. The molecular formula is C16H23FN6O. The van der Waals surface area contributed by atoms with Gasteiger partial charge in [-0.15, -0.1) is 0 Å². The monoisotopic (exact) mass is 334 g/mol. The number of rotatable bonds is 7. The lowest BCUT2D eigenvalue weighted by Gasteiger charge is -2.05. The Hall–Kier alpha value is -2.74. The van der Waals surface area contributed by atoms with Crippen LogP contribution >= 0.6 is 0 Å². The highest BCUT2D eigenvalue weighted by Gasteiger charge is 2.02. The molecule has 1 aromatic heterocycles. The molecule has 24 heavy (non-hydrogen) atoms. The van der Waals surface area contributed by atoms with Gasteiger partial charge in [-0.1, -0.05) is 24.3 Å². The second-order valence-corrected chi connectivity index (χ2v) is 4.83. The highest BCUT2D eigenvalue weighted by molar-refractivity contribution is 5.75. The maximum atomic E-state index is 11.7. The van der Waals surface area contributed by atoms with E-state index in [-0.39, 0.29) is 11.5 Å². The number of H-pyrrole nitrogens is 1. The number of aromatic amines is 1. The summed E-state index contributed by atoms with van der Waals surface area (Å²) in [5.41, 5.74) is 12.9. The lowest BCUT2D eigenvalue weighted by molar-refractivity contribution is 0.636. The van der Waals surface area contributed by atoms with Gasteiger partial charge < -0.3 is 21.8 Å². The Balaban J connectivity index is 0.00000139. The highest BCUT2D eigenvalue weighted by Crippen LogP contribution is 2.14. The Morgan fingerprint density at radius 3 is 2.62 bits per heavy atom. The lowest BCUT2D eigenvalue weighted by Crippen LogP contribution is -2.23. The number of nitrogens with one attached hydrogen (secondary N) is 2. The Labute approximate surface area is 140 Å². The van der Waals surface area contributed by atoms with Gasteiger partial charge in [-0.3, -0.25) is 14.2 Å². The van der Waals surface area contributed by atoms with Crippen molar-refractivity contribution in [2.45, 2.75) is 13.0 Å². The van der Waals surface area contributed by atoms with Crippen molar-refractivity contribution < 1.29 is 4.39 Å². The molecule has 2 rings (SSSR count). The van der Waals surface area contributed by atoms with Crippen LogP contribution in [0, 0.1) is 0 Å². The molecule has 0 aliphatic carbocycles. The van der Waals surface area contributed by atoms with E-state index in [9.17, 15) is 9.18 Å². The number of nitrogens with zero attached hydrogens (tertiary/aromatic N) is 2. The second-order valence-electron chi connectivity index (χ2n) is 4.83. The summed E-state index contributed by atoms with van der Waals surface area (Å²) >= 11 is 0. The molecule has 0 saturated heterocycles. The first-order chi connectivity index (χ1) is 11.7. The van der Waals surface area contributed by atoms with Crippen molar-refractivity contribution in [2.24, 2.45) is 16.5 Å². The minimum absolute atomic E-state index is 0.126. The molecule has 0 bridgehead atoms. The largest absolute Gasteiger partial charge is 0.370 e. The van der Waals surface area contributed by atoms with Crippen LogP contribution in [0.1, 0.15) is 12.0 Å². The molecule has 130 valence electrons. The fourth-order valence-corrected chi connectivity index (χ4v) is 2.00. The van der Waals surface area contributed by atoms with Crippen molar-refractivity contribution in [1.82, 2.24) is 15.3 Å². The Morgan fingerprint density at radius 1 is 1.29 bits per heavy atom. The normalized spacial score (nSPS) is 9.75. The van der Waals surface area contributed by atoms with Crippen molar-refractivity contribution in [3.63, 3.8) is 0 Å². The number of benzene rings is 1. The van der Waals surface area contributed by atoms with E-state index in [2.05, 4.69) is 20.3 Å². The summed E-state index contributed by atoms with van der Waals surface area (Å²) in [6, 6.07) is 7.82. The molecule has 1 heterocycles. The van der Waals surface area contributed by atoms with Gasteiger partial charge in [0.05, 0.1) is 19.1 Å². The molecule has 8 heteroatoms. The summed E-state index contributed by atoms with van der Waals surface area (Å²) in [7, 11) is 0.500. The van der Waals surface area contributed by atoms with Crippen LogP contribution in [-0.2, 0) is 6.54 Å². The second kappa shape index (κ2) is 10.9. The van der Waals surface area contributed by atoms with Gasteiger partial charge in [0.15, 0.2) is 5.96 Å². The fourth-order valence-electron chi connectivity index (χ4n) is 2.00. The van der Waals surface area contributed by atoms with E-state index < -0.39 is 0 Å². The summed E-state index contributed by atoms with van der Waals surface area (Å²) in [6.07, 6.45) is 3.82. The molecule has 2 aromatic rings. The first-order valence-electron chi connectivity index (χ1n) is 7.43. The minimum Gasteiger partial charge on any atom is -0.370 e. The summed E-state index contributed by atoms with van der Waals surface area (Å²) in [6.45, 7) is 2.21. The maximum Gasteiger partial charge on any atom is 0.258 e. The van der Waals surface area contributed by atoms with E-state index in [1.54, 1.807) is 6.20 Å². The van der Waals surface area contributed by atoms with Crippen LogP contribution in [0.25, 0.3) is 11.1 Å². The SMILES string of the molecule is CF.NC(N)=NCCCNCc1ccc(-c2cnc[nH]c2=O)cc1. The summed E-state index contributed by atoms with van der Waals surface area (Å²) in [5, 5.41) is 3.31. The molecule has 1 aromatic carbocycles. The van der Waals surface area contributed by atoms with Crippen molar-refractivity contribution >= 4 is 5.96 Å². The minimum atomic E-state index is -0.138. The van der Waals surface area contributed by atoms with Crippen LogP contribution < -0.4 is 22.3 Å². The molecule has 6 N–H and O–H groups in total. The first-order valence-corrected chi connectivity index (χ1v) is 7.43. The summed E-state index contributed by atoms with van der Waals surface area (Å²) in [5.74, 6) is 0.126. The molecule has 0 amide bonds. The molecule has 0 unspecified atom stereocenters. The number of aliphatic imine (C=N–C) groups is 1. The van der Waals surface area contributed by atoms with Gasteiger partial charge in [0.1, 0.15) is 0 Å². The third kappa shape index (κ3) is 6.57. The van der Waals surface area contributed by atoms with Gasteiger partial charge in [0, 0.05) is 19.3 Å². The van der Waals surface area contributed by atoms with Gasteiger partial charge in [-0.2, -0.15) is 0 Å². The molecule has 0 spiro atoms. The fraction of sp³-hybridized carbons (Fsp3) is 0.312. The number of guanidine groups is 1. The number of halogens is 1. The van der Waals surface area contributed by atoms with Crippen molar-refractivity contribution in [1.29, 1.82) is 0 Å². The molecule has 0 atom stereocenters. The molecule has 0 fully saturated rings. The van der Waals surface area contributed by atoms with E-state index in [1.807, 2.05) is 24.3 Å². The zero-order valence-electron chi connectivity index (χ0n) is 13.6. The topological polar surface area (TPSA) is 122 Å². The van der Waals surface area contributed by atoms with Gasteiger partial charge in [0.2, 0.25) is 0 Å². The van der Waals surface area contributed by atoms with Crippen LogP contribution in [0.4, 0.5) is 4.39 Å². The molecule has 0 saturated carbocycles. The third-order valence-corrected chi connectivity index (χ3v) is 3.12. The molecule has 0 aliphatic heterocycles. The quantitative estimate of drug-likeness (QED) is 0.338. The van der Waals surface area contributed by atoms with Crippen LogP contribution in [-0.4, -0.2) is 36.2 Å². The average Bonchev–Trinajstić information content (AvgIpc) is 2.61. The van der Waals surface area contributed by atoms with Crippen molar-refractivity contribution in [3.05, 3.63) is 52.7 Å². The van der Waals surface area contributed by atoms with Crippen molar-refractivity contribution in [3.8, 4) is 11.1 Å². The van der Waals surface area contributed by atoms with E-state index >= 15 is 0 Å². The summed E-state index contributed by atoms with van der Waals surface area (Å²) < 4.78 is 9.50. The van der Waals surface area contributed by atoms with Gasteiger partial charge in [0.25, 0.3) is 5.56 Å². The predicted octanol–water partition coefficient (Wildman–Crippen LogP) is 0.776. The molecule has 0 aliphatic rings. The van der Waals surface area contributed by atoms with E-state index in [1.165, 1.54) is 6.33 Å². The average molecular weight is 334 g/mol. The first kappa shape index (κ1) is 19.3. The maximum absolute atomic E-state index is 11.7. The molecular weight excluding hydrogens is 311 g/mol. The Morgan fingerprint density at radius 2 is 2.00 bits per heavy atom. The Bertz CT molecular complexity index is 679. The van der Waals surface area contributed by atoms with Gasteiger partial charge >= 0.3 is 0 Å². The van der Waals surface area contributed by atoms with E-state index in [0.717, 1.165) is 30.6 Å². The number of hydrogen-bond acceptors (Lipinski definition) is 4. The zero-order valence-corrected chi connectivity index (χ0v) is 13.6. The highest BCUT2D eigenvalue weighted by atomic mass is 19.1. The van der Waals surface area contributed by atoms with E-state index in [0.29, 0.717) is 19.3 Å². The molecule has 0 radical (unpaired) electrons. The summed E-state index contributed by atoms with van der Waals surface area (Å²) in [4.78, 5) is 22.1. The number of hydrogen-bond donors (Lipinski definition) is 4.